The van der Waals surface area contributed by atoms with Gasteiger partial charge in [-0.05, 0) is 24.8 Å². The smallest absolute Gasteiger partial charge is 0.191 e. The second-order valence-electron chi connectivity index (χ2n) is 5.39. The van der Waals surface area contributed by atoms with E-state index >= 15 is 0 Å². The molecule has 0 saturated carbocycles. The highest BCUT2D eigenvalue weighted by atomic mass is 16.5. The van der Waals surface area contributed by atoms with E-state index in [0.717, 1.165) is 32.1 Å². The highest BCUT2D eigenvalue weighted by molar-refractivity contribution is 5.79. The third-order valence-corrected chi connectivity index (χ3v) is 2.85. The first kappa shape index (κ1) is 17.5. The number of nitrogens with one attached hydrogen (secondary N) is 2. The molecule has 0 aliphatic rings. The molecule has 0 aliphatic carbocycles. The van der Waals surface area contributed by atoms with E-state index in [4.69, 9.17) is 4.74 Å². The van der Waals surface area contributed by atoms with Crippen LogP contribution in [0.4, 0.5) is 0 Å². The Bertz CT molecular complexity index is 390. The van der Waals surface area contributed by atoms with Crippen molar-refractivity contribution in [3.63, 3.8) is 0 Å². The van der Waals surface area contributed by atoms with E-state index in [-0.39, 0.29) is 0 Å². The van der Waals surface area contributed by atoms with E-state index in [0.29, 0.717) is 19.1 Å². The summed E-state index contributed by atoms with van der Waals surface area (Å²) in [6, 6.07) is 10.5. The first-order chi connectivity index (χ1) is 10.2. The van der Waals surface area contributed by atoms with Crippen LogP contribution in [0.1, 0.15) is 26.3 Å². The predicted molar refractivity (Wildman–Crippen MR) is 89.8 cm³/mol. The molecule has 1 aromatic carbocycles. The molecule has 0 bridgehead atoms. The Morgan fingerprint density at radius 1 is 1.19 bits per heavy atom. The van der Waals surface area contributed by atoms with Crippen LogP contribution in [-0.4, -0.2) is 38.8 Å². The minimum atomic E-state index is 0.575. The van der Waals surface area contributed by atoms with Gasteiger partial charge in [-0.1, -0.05) is 44.2 Å². The molecule has 0 unspecified atom stereocenters. The molecule has 1 aromatic rings. The van der Waals surface area contributed by atoms with Gasteiger partial charge in [0.2, 0.25) is 0 Å². The Kier molecular flexibility index (Phi) is 9.29. The quantitative estimate of drug-likeness (QED) is 0.417. The third-order valence-electron chi connectivity index (χ3n) is 2.85. The molecule has 21 heavy (non-hydrogen) atoms. The number of ether oxygens (including phenoxy) is 1. The molecular formula is C17H29N3O. The predicted octanol–water partition coefficient (Wildman–Crippen LogP) is 2.46. The van der Waals surface area contributed by atoms with Crippen molar-refractivity contribution in [2.75, 3.05) is 32.8 Å². The van der Waals surface area contributed by atoms with Gasteiger partial charge in [0.25, 0.3) is 0 Å². The van der Waals surface area contributed by atoms with Gasteiger partial charge in [0.15, 0.2) is 5.96 Å². The largest absolute Gasteiger partial charge is 0.379 e. The molecule has 0 amide bonds. The Balaban J connectivity index is 2.25. The number of hydrogen-bond donors (Lipinski definition) is 2. The maximum Gasteiger partial charge on any atom is 0.191 e. The fourth-order valence-corrected chi connectivity index (χ4v) is 1.85. The summed E-state index contributed by atoms with van der Waals surface area (Å²) in [5, 5.41) is 6.60. The van der Waals surface area contributed by atoms with Crippen LogP contribution in [0, 0.1) is 5.92 Å². The zero-order valence-electron chi connectivity index (χ0n) is 13.6. The van der Waals surface area contributed by atoms with E-state index in [9.17, 15) is 0 Å². The van der Waals surface area contributed by atoms with Crippen molar-refractivity contribution < 1.29 is 4.74 Å². The van der Waals surface area contributed by atoms with Gasteiger partial charge >= 0.3 is 0 Å². The lowest BCUT2D eigenvalue weighted by Crippen LogP contribution is -2.38. The zero-order chi connectivity index (χ0) is 15.3. The average Bonchev–Trinajstić information content (AvgIpc) is 2.47. The summed E-state index contributed by atoms with van der Waals surface area (Å²) < 4.78 is 5.53. The number of nitrogens with zero attached hydrogens (tertiary/aromatic N) is 1. The van der Waals surface area contributed by atoms with E-state index < -0.39 is 0 Å². The normalized spacial score (nSPS) is 11.7. The maximum atomic E-state index is 5.53. The van der Waals surface area contributed by atoms with E-state index in [2.05, 4.69) is 60.7 Å². The molecule has 0 fully saturated rings. The van der Waals surface area contributed by atoms with Crippen molar-refractivity contribution >= 4 is 5.96 Å². The average molecular weight is 291 g/mol. The van der Waals surface area contributed by atoms with Gasteiger partial charge in [-0.2, -0.15) is 0 Å². The second-order valence-corrected chi connectivity index (χ2v) is 5.39. The molecule has 0 aromatic heterocycles. The lowest BCUT2D eigenvalue weighted by Gasteiger charge is -2.11. The van der Waals surface area contributed by atoms with Crippen LogP contribution in [-0.2, 0) is 11.2 Å². The first-order valence-electron chi connectivity index (χ1n) is 7.86. The van der Waals surface area contributed by atoms with Crippen molar-refractivity contribution in [3.8, 4) is 0 Å². The first-order valence-corrected chi connectivity index (χ1v) is 7.86. The number of hydrogen-bond acceptors (Lipinski definition) is 2. The lowest BCUT2D eigenvalue weighted by atomic mass is 10.1. The molecule has 4 heteroatoms. The molecule has 0 atom stereocenters. The summed E-state index contributed by atoms with van der Waals surface area (Å²) in [6.45, 7) is 10.3. The minimum Gasteiger partial charge on any atom is -0.379 e. The van der Waals surface area contributed by atoms with Gasteiger partial charge in [-0.3, -0.25) is 4.99 Å². The molecule has 1 rings (SSSR count). The van der Waals surface area contributed by atoms with Gasteiger partial charge in [0, 0.05) is 19.7 Å². The molecule has 0 heterocycles. The Labute approximate surface area is 129 Å². The molecular weight excluding hydrogens is 262 g/mol. The monoisotopic (exact) mass is 291 g/mol. The van der Waals surface area contributed by atoms with Crippen molar-refractivity contribution in [1.82, 2.24) is 10.6 Å². The van der Waals surface area contributed by atoms with Crippen LogP contribution in [0.2, 0.25) is 0 Å². The minimum absolute atomic E-state index is 0.575. The lowest BCUT2D eigenvalue weighted by molar-refractivity contribution is 0.117. The van der Waals surface area contributed by atoms with Crippen LogP contribution < -0.4 is 10.6 Å². The number of guanidine groups is 1. The van der Waals surface area contributed by atoms with Gasteiger partial charge in [0.1, 0.15) is 0 Å². The molecule has 2 N–H and O–H groups in total. The van der Waals surface area contributed by atoms with Crippen LogP contribution >= 0.6 is 0 Å². The third kappa shape index (κ3) is 9.08. The maximum absolute atomic E-state index is 5.53. The summed E-state index contributed by atoms with van der Waals surface area (Å²) >= 11 is 0. The standard InChI is InChI=1S/C17H29N3O/c1-4-18-17(20-12-13-21-14-15(2)3)19-11-10-16-8-6-5-7-9-16/h5-9,15H,4,10-14H2,1-3H3,(H2,18,19,20). The Morgan fingerprint density at radius 3 is 2.62 bits per heavy atom. The summed E-state index contributed by atoms with van der Waals surface area (Å²) in [7, 11) is 0. The Morgan fingerprint density at radius 2 is 1.95 bits per heavy atom. The van der Waals surface area contributed by atoms with E-state index in [1.165, 1.54) is 5.56 Å². The van der Waals surface area contributed by atoms with Crippen LogP contribution in [0.5, 0.6) is 0 Å². The summed E-state index contributed by atoms with van der Waals surface area (Å²) in [5.41, 5.74) is 1.33. The fourth-order valence-electron chi connectivity index (χ4n) is 1.85. The fraction of sp³-hybridized carbons (Fsp3) is 0.588. The van der Waals surface area contributed by atoms with Gasteiger partial charge in [-0.15, -0.1) is 0 Å². The van der Waals surface area contributed by atoms with Crippen LogP contribution in [0.3, 0.4) is 0 Å². The topological polar surface area (TPSA) is 45.7 Å². The summed E-state index contributed by atoms with van der Waals surface area (Å²) in [6.07, 6.45) is 0.995. The number of benzene rings is 1. The highest BCUT2D eigenvalue weighted by Crippen LogP contribution is 1.98. The zero-order valence-corrected chi connectivity index (χ0v) is 13.6. The second kappa shape index (κ2) is 11.1. The highest BCUT2D eigenvalue weighted by Gasteiger charge is 1.98. The Hall–Kier alpha value is -1.55. The molecule has 0 saturated heterocycles. The van der Waals surface area contributed by atoms with Gasteiger partial charge in [0.05, 0.1) is 13.2 Å². The molecule has 0 radical (unpaired) electrons. The number of rotatable bonds is 9. The molecule has 118 valence electrons. The van der Waals surface area contributed by atoms with Crippen molar-refractivity contribution in [3.05, 3.63) is 35.9 Å². The van der Waals surface area contributed by atoms with E-state index in [1.807, 2.05) is 6.07 Å². The van der Waals surface area contributed by atoms with Crippen molar-refractivity contribution in [1.29, 1.82) is 0 Å². The molecule has 0 spiro atoms. The summed E-state index contributed by atoms with van der Waals surface area (Å²) in [5.74, 6) is 1.44. The molecule has 0 aliphatic heterocycles. The van der Waals surface area contributed by atoms with Crippen molar-refractivity contribution in [2.24, 2.45) is 10.9 Å². The number of aliphatic imine (C=N–C) groups is 1. The van der Waals surface area contributed by atoms with E-state index in [1.54, 1.807) is 0 Å². The van der Waals surface area contributed by atoms with Crippen LogP contribution in [0.15, 0.2) is 35.3 Å². The van der Waals surface area contributed by atoms with Crippen molar-refractivity contribution in [2.45, 2.75) is 27.2 Å². The SMILES string of the molecule is CCNC(=NCCOCC(C)C)NCCc1ccccc1. The van der Waals surface area contributed by atoms with Gasteiger partial charge in [-0.25, -0.2) is 0 Å². The van der Waals surface area contributed by atoms with Gasteiger partial charge < -0.3 is 15.4 Å². The van der Waals surface area contributed by atoms with Crippen LogP contribution in [0.25, 0.3) is 0 Å². The summed E-state index contributed by atoms with van der Waals surface area (Å²) in [4.78, 5) is 4.51. The molecule has 4 nitrogen and oxygen atoms in total.